The number of aromatic nitrogens is 2. The van der Waals surface area contributed by atoms with Gasteiger partial charge in [0.05, 0.1) is 7.11 Å². The van der Waals surface area contributed by atoms with Crippen LogP contribution in [0.1, 0.15) is 46.6 Å². The van der Waals surface area contributed by atoms with Crippen LogP contribution in [0.4, 0.5) is 5.69 Å². The van der Waals surface area contributed by atoms with Crippen LogP contribution < -0.4 is 20.9 Å². The molecule has 0 aliphatic rings. The van der Waals surface area contributed by atoms with E-state index in [1.165, 1.54) is 0 Å². The third kappa shape index (κ3) is 5.17. The molecule has 0 bridgehead atoms. The van der Waals surface area contributed by atoms with E-state index in [-0.39, 0.29) is 24.1 Å². The number of pyridine rings is 2. The van der Waals surface area contributed by atoms with Crippen LogP contribution in [-0.2, 0) is 6.54 Å². The summed E-state index contributed by atoms with van der Waals surface area (Å²) in [6.07, 6.45) is 1.72. The minimum atomic E-state index is -0.239. The van der Waals surface area contributed by atoms with E-state index in [1.54, 1.807) is 19.4 Å². The first kappa shape index (κ1) is 23.1. The molecule has 0 saturated heterocycles. The molecule has 1 aromatic carbocycles. The van der Waals surface area contributed by atoms with Crippen molar-refractivity contribution in [3.63, 3.8) is 0 Å². The number of aryl methyl sites for hydroxylation is 2. The van der Waals surface area contributed by atoms with Gasteiger partial charge in [-0.2, -0.15) is 0 Å². The van der Waals surface area contributed by atoms with Crippen LogP contribution in [0.2, 0.25) is 0 Å². The Balaban J connectivity index is 1.96. The zero-order valence-electron chi connectivity index (χ0n) is 19.4. The highest BCUT2D eigenvalue weighted by molar-refractivity contribution is 5.98. The zero-order valence-corrected chi connectivity index (χ0v) is 19.4. The Bertz CT molecular complexity index is 1180. The number of benzene rings is 1. The molecular formula is C25H30N4O3. The van der Waals surface area contributed by atoms with Crippen molar-refractivity contribution in [2.45, 2.75) is 47.2 Å². The summed E-state index contributed by atoms with van der Waals surface area (Å²) in [5.74, 6) is 0.287. The summed E-state index contributed by atoms with van der Waals surface area (Å²) in [5.41, 5.74) is 6.02. The molecule has 0 saturated carbocycles. The minimum absolute atomic E-state index is 0.154. The van der Waals surface area contributed by atoms with Crippen LogP contribution in [0, 0.1) is 20.8 Å². The lowest BCUT2D eigenvalue weighted by molar-refractivity contribution is 0.0950. The number of rotatable bonds is 7. The van der Waals surface area contributed by atoms with Gasteiger partial charge in [-0.1, -0.05) is 0 Å². The van der Waals surface area contributed by atoms with Gasteiger partial charge < -0.3 is 20.4 Å². The SMILES string of the molecule is COc1ccc(-c2cc(NC(C)C)c(C)c(C(=O)NCc3c(C)cc(C)[nH]c3=O)c2)cn1. The smallest absolute Gasteiger partial charge is 0.253 e. The van der Waals surface area contributed by atoms with Gasteiger partial charge in [-0.05, 0) is 75.6 Å². The van der Waals surface area contributed by atoms with E-state index in [1.807, 2.05) is 58.9 Å². The van der Waals surface area contributed by atoms with Crippen molar-refractivity contribution in [2.24, 2.45) is 0 Å². The monoisotopic (exact) mass is 434 g/mol. The number of ether oxygens (including phenoxy) is 1. The first-order valence-electron chi connectivity index (χ1n) is 10.6. The molecule has 0 aliphatic carbocycles. The molecule has 7 nitrogen and oxygen atoms in total. The molecule has 2 aromatic heterocycles. The highest BCUT2D eigenvalue weighted by Crippen LogP contribution is 2.29. The zero-order chi connectivity index (χ0) is 23.4. The Morgan fingerprint density at radius 1 is 1.12 bits per heavy atom. The average molecular weight is 435 g/mol. The quantitative estimate of drug-likeness (QED) is 0.520. The summed E-state index contributed by atoms with van der Waals surface area (Å²) >= 11 is 0. The number of nitrogens with zero attached hydrogens (tertiary/aromatic N) is 1. The normalized spacial score (nSPS) is 10.8. The molecule has 3 aromatic rings. The number of hydrogen-bond donors (Lipinski definition) is 3. The lowest BCUT2D eigenvalue weighted by Gasteiger charge is -2.18. The molecule has 0 radical (unpaired) electrons. The van der Waals surface area contributed by atoms with Gasteiger partial charge in [0.15, 0.2) is 0 Å². The molecule has 1 amide bonds. The number of methoxy groups -OCH3 is 1. The van der Waals surface area contributed by atoms with Crippen molar-refractivity contribution in [3.05, 3.63) is 74.8 Å². The van der Waals surface area contributed by atoms with Crippen molar-refractivity contribution in [1.82, 2.24) is 15.3 Å². The van der Waals surface area contributed by atoms with Crippen molar-refractivity contribution < 1.29 is 9.53 Å². The van der Waals surface area contributed by atoms with Gasteiger partial charge >= 0.3 is 0 Å². The third-order valence-corrected chi connectivity index (χ3v) is 5.29. The number of anilines is 1. The summed E-state index contributed by atoms with van der Waals surface area (Å²) in [5, 5.41) is 6.33. The summed E-state index contributed by atoms with van der Waals surface area (Å²) in [6.45, 7) is 9.88. The van der Waals surface area contributed by atoms with Crippen molar-refractivity contribution in [1.29, 1.82) is 0 Å². The molecule has 3 rings (SSSR count). The van der Waals surface area contributed by atoms with Crippen LogP contribution in [0.15, 0.2) is 41.3 Å². The number of H-pyrrole nitrogens is 1. The van der Waals surface area contributed by atoms with E-state index in [0.29, 0.717) is 17.0 Å². The van der Waals surface area contributed by atoms with Gasteiger partial charge in [-0.3, -0.25) is 9.59 Å². The van der Waals surface area contributed by atoms with E-state index < -0.39 is 0 Å². The van der Waals surface area contributed by atoms with E-state index in [2.05, 4.69) is 20.6 Å². The Kier molecular flexibility index (Phi) is 6.98. The Hall–Kier alpha value is -3.61. The standard InChI is InChI=1S/C25H30N4O3/c1-14(2)28-22-11-19(18-7-8-23(32-6)26-12-18)10-20(17(22)5)24(30)27-13-21-15(3)9-16(4)29-25(21)31/h7-12,14,28H,13H2,1-6H3,(H,27,30)(H,29,31). The van der Waals surface area contributed by atoms with Gasteiger partial charge in [0, 0.05) is 52.9 Å². The fourth-order valence-corrected chi connectivity index (χ4v) is 3.61. The Labute approximate surface area is 188 Å². The molecule has 0 spiro atoms. The maximum absolute atomic E-state index is 13.2. The van der Waals surface area contributed by atoms with Crippen LogP contribution in [0.3, 0.4) is 0 Å². The number of carbonyl (C=O) groups excluding carboxylic acids is 1. The molecule has 32 heavy (non-hydrogen) atoms. The van der Waals surface area contributed by atoms with Gasteiger partial charge in [0.25, 0.3) is 11.5 Å². The van der Waals surface area contributed by atoms with Crippen LogP contribution in [0.5, 0.6) is 5.88 Å². The largest absolute Gasteiger partial charge is 0.481 e. The van der Waals surface area contributed by atoms with Crippen molar-refractivity contribution in [3.8, 4) is 17.0 Å². The first-order valence-corrected chi connectivity index (χ1v) is 10.6. The second-order valence-electron chi connectivity index (χ2n) is 8.21. The second kappa shape index (κ2) is 9.68. The number of hydrogen-bond acceptors (Lipinski definition) is 5. The fraction of sp³-hybridized carbons (Fsp3) is 0.320. The third-order valence-electron chi connectivity index (χ3n) is 5.29. The topological polar surface area (TPSA) is 96.1 Å². The summed E-state index contributed by atoms with van der Waals surface area (Å²) in [4.78, 5) is 32.5. The van der Waals surface area contributed by atoms with E-state index >= 15 is 0 Å². The summed E-state index contributed by atoms with van der Waals surface area (Å²) in [6, 6.07) is 9.67. The van der Waals surface area contributed by atoms with E-state index in [9.17, 15) is 9.59 Å². The molecule has 3 N–H and O–H groups in total. The highest BCUT2D eigenvalue weighted by atomic mass is 16.5. The molecule has 0 atom stereocenters. The Morgan fingerprint density at radius 3 is 2.47 bits per heavy atom. The van der Waals surface area contributed by atoms with Gasteiger partial charge in [-0.15, -0.1) is 0 Å². The molecular weight excluding hydrogens is 404 g/mol. The lowest BCUT2D eigenvalue weighted by atomic mass is 9.97. The molecule has 168 valence electrons. The average Bonchev–Trinajstić information content (AvgIpc) is 2.74. The molecule has 0 aliphatic heterocycles. The van der Waals surface area contributed by atoms with Gasteiger partial charge in [0.2, 0.25) is 5.88 Å². The highest BCUT2D eigenvalue weighted by Gasteiger charge is 2.17. The fourth-order valence-electron chi connectivity index (χ4n) is 3.61. The summed E-state index contributed by atoms with van der Waals surface area (Å²) < 4.78 is 5.15. The minimum Gasteiger partial charge on any atom is -0.481 e. The first-order chi connectivity index (χ1) is 15.2. The van der Waals surface area contributed by atoms with Crippen LogP contribution in [-0.4, -0.2) is 29.0 Å². The molecule has 2 heterocycles. The predicted octanol–water partition coefficient (Wildman–Crippen LogP) is 4.12. The Morgan fingerprint density at radius 2 is 1.88 bits per heavy atom. The molecule has 0 unspecified atom stereocenters. The van der Waals surface area contributed by atoms with E-state index in [0.717, 1.165) is 33.6 Å². The number of amides is 1. The number of carbonyl (C=O) groups is 1. The molecule has 0 fully saturated rings. The van der Waals surface area contributed by atoms with Crippen molar-refractivity contribution >= 4 is 11.6 Å². The van der Waals surface area contributed by atoms with Crippen molar-refractivity contribution in [2.75, 3.05) is 12.4 Å². The van der Waals surface area contributed by atoms with E-state index in [4.69, 9.17) is 4.74 Å². The maximum Gasteiger partial charge on any atom is 0.253 e. The number of aromatic amines is 1. The van der Waals surface area contributed by atoms with Gasteiger partial charge in [0.1, 0.15) is 0 Å². The predicted molar refractivity (Wildman–Crippen MR) is 127 cm³/mol. The van der Waals surface area contributed by atoms with Gasteiger partial charge in [-0.25, -0.2) is 4.98 Å². The van der Waals surface area contributed by atoms with Crippen LogP contribution >= 0.6 is 0 Å². The summed E-state index contributed by atoms with van der Waals surface area (Å²) in [7, 11) is 1.57. The number of nitrogens with one attached hydrogen (secondary N) is 3. The second-order valence-corrected chi connectivity index (χ2v) is 8.21. The lowest BCUT2D eigenvalue weighted by Crippen LogP contribution is -2.28. The van der Waals surface area contributed by atoms with Crippen LogP contribution in [0.25, 0.3) is 11.1 Å². The maximum atomic E-state index is 13.2. The molecule has 7 heteroatoms.